The lowest BCUT2D eigenvalue weighted by Gasteiger charge is -2.12. The van der Waals surface area contributed by atoms with Crippen molar-refractivity contribution in [2.24, 2.45) is 5.92 Å². The van der Waals surface area contributed by atoms with Crippen molar-refractivity contribution in [3.63, 3.8) is 0 Å². The van der Waals surface area contributed by atoms with E-state index in [1.807, 2.05) is 37.3 Å². The summed E-state index contributed by atoms with van der Waals surface area (Å²) in [7, 11) is 1.72. The molecular weight excluding hydrogens is 266 g/mol. The van der Waals surface area contributed by atoms with E-state index in [4.69, 9.17) is 9.47 Å². The first kappa shape index (κ1) is 17.7. The normalized spacial score (nSPS) is 12.1. The maximum Gasteiger partial charge on any atom is 0.310 e. The molecule has 1 aromatic carbocycles. The van der Waals surface area contributed by atoms with Gasteiger partial charge in [0.2, 0.25) is 0 Å². The Morgan fingerprint density at radius 3 is 2.67 bits per heavy atom. The average Bonchev–Trinajstić information content (AvgIpc) is 2.52. The fourth-order valence-electron chi connectivity index (χ4n) is 1.95. The number of carbonyl (C=O) groups is 1. The Bertz CT molecular complexity index is 381. The fourth-order valence-corrected chi connectivity index (χ4v) is 1.95. The number of benzene rings is 1. The van der Waals surface area contributed by atoms with E-state index in [1.165, 1.54) is 0 Å². The van der Waals surface area contributed by atoms with Crippen LogP contribution in [0.25, 0.3) is 0 Å². The second kappa shape index (κ2) is 11.3. The van der Waals surface area contributed by atoms with Crippen molar-refractivity contribution in [2.45, 2.75) is 32.8 Å². The lowest BCUT2D eigenvalue weighted by Crippen LogP contribution is -2.28. The van der Waals surface area contributed by atoms with Gasteiger partial charge in [0.1, 0.15) is 6.61 Å². The lowest BCUT2D eigenvalue weighted by molar-refractivity contribution is -0.149. The van der Waals surface area contributed by atoms with E-state index in [2.05, 4.69) is 5.32 Å². The molecule has 1 unspecified atom stereocenters. The summed E-state index contributed by atoms with van der Waals surface area (Å²) in [6.45, 7) is 4.66. The fraction of sp³-hybridized carbons (Fsp3) is 0.588. The molecule has 0 aromatic heterocycles. The molecular formula is C17H27NO3. The summed E-state index contributed by atoms with van der Waals surface area (Å²) >= 11 is 0. The molecule has 0 spiro atoms. The van der Waals surface area contributed by atoms with Crippen LogP contribution in [-0.4, -0.2) is 32.8 Å². The van der Waals surface area contributed by atoms with Crippen LogP contribution in [0.15, 0.2) is 30.3 Å². The van der Waals surface area contributed by atoms with Crippen LogP contribution in [0.4, 0.5) is 0 Å². The van der Waals surface area contributed by atoms with Crippen LogP contribution in [0.2, 0.25) is 0 Å². The summed E-state index contributed by atoms with van der Waals surface area (Å²) in [5.74, 6) is -0.265. The van der Waals surface area contributed by atoms with Gasteiger partial charge in [-0.3, -0.25) is 4.79 Å². The second-order valence-corrected chi connectivity index (χ2v) is 5.25. The molecule has 0 fully saturated rings. The summed E-state index contributed by atoms with van der Waals surface area (Å²) in [6.07, 6.45) is 3.34. The summed E-state index contributed by atoms with van der Waals surface area (Å²) in [5.41, 5.74) is 1.02. The number of rotatable bonds is 11. The molecule has 1 rings (SSSR count). The molecule has 0 saturated heterocycles. The Labute approximate surface area is 127 Å². The topological polar surface area (TPSA) is 47.6 Å². The van der Waals surface area contributed by atoms with Crippen LogP contribution in [-0.2, 0) is 20.9 Å². The van der Waals surface area contributed by atoms with Crippen molar-refractivity contribution >= 4 is 5.97 Å². The average molecular weight is 293 g/mol. The van der Waals surface area contributed by atoms with Crippen LogP contribution in [0.3, 0.4) is 0 Å². The Balaban J connectivity index is 2.06. The molecule has 1 aromatic rings. The molecule has 1 atom stereocenters. The van der Waals surface area contributed by atoms with E-state index in [1.54, 1.807) is 7.11 Å². The minimum absolute atomic E-state index is 0.118. The van der Waals surface area contributed by atoms with E-state index in [0.717, 1.165) is 38.0 Å². The zero-order chi connectivity index (χ0) is 15.3. The maximum absolute atomic E-state index is 11.8. The van der Waals surface area contributed by atoms with Gasteiger partial charge in [-0.25, -0.2) is 0 Å². The van der Waals surface area contributed by atoms with E-state index < -0.39 is 0 Å². The Kier molecular flexibility index (Phi) is 9.49. The maximum atomic E-state index is 11.8. The van der Waals surface area contributed by atoms with Gasteiger partial charge in [-0.15, -0.1) is 0 Å². The first-order valence-electron chi connectivity index (χ1n) is 7.64. The van der Waals surface area contributed by atoms with E-state index in [-0.39, 0.29) is 11.9 Å². The Morgan fingerprint density at radius 1 is 1.19 bits per heavy atom. The molecule has 0 amide bonds. The van der Waals surface area contributed by atoms with Gasteiger partial charge in [-0.1, -0.05) is 37.3 Å². The summed E-state index contributed by atoms with van der Waals surface area (Å²) in [4.78, 5) is 11.8. The number of methoxy groups -OCH3 is 1. The third-order valence-corrected chi connectivity index (χ3v) is 3.28. The highest BCUT2D eigenvalue weighted by atomic mass is 16.5. The smallest absolute Gasteiger partial charge is 0.310 e. The molecule has 0 heterocycles. The predicted octanol–water partition coefficient (Wildman–Crippen LogP) is 2.77. The van der Waals surface area contributed by atoms with Crippen LogP contribution in [0, 0.1) is 5.92 Å². The monoisotopic (exact) mass is 293 g/mol. The molecule has 4 nitrogen and oxygen atoms in total. The van der Waals surface area contributed by atoms with E-state index in [0.29, 0.717) is 13.2 Å². The minimum Gasteiger partial charge on any atom is -0.461 e. The van der Waals surface area contributed by atoms with Crippen LogP contribution < -0.4 is 5.32 Å². The molecule has 0 aliphatic carbocycles. The number of hydrogen-bond donors (Lipinski definition) is 1. The van der Waals surface area contributed by atoms with Crippen molar-refractivity contribution in [1.82, 2.24) is 5.32 Å². The molecule has 0 bridgehead atoms. The molecule has 0 aliphatic rings. The SMILES string of the molecule is COCCCCCNCC(C)C(=O)OCc1ccccc1. The number of hydrogen-bond acceptors (Lipinski definition) is 4. The van der Waals surface area contributed by atoms with Gasteiger partial charge in [0.05, 0.1) is 5.92 Å². The summed E-state index contributed by atoms with van der Waals surface area (Å²) < 4.78 is 10.3. The molecule has 0 aliphatic heterocycles. The van der Waals surface area contributed by atoms with Gasteiger partial charge in [0.15, 0.2) is 0 Å². The molecule has 0 saturated carbocycles. The van der Waals surface area contributed by atoms with Crippen molar-refractivity contribution in [2.75, 3.05) is 26.8 Å². The molecule has 118 valence electrons. The largest absolute Gasteiger partial charge is 0.461 e. The van der Waals surface area contributed by atoms with Gasteiger partial charge >= 0.3 is 5.97 Å². The quantitative estimate of drug-likeness (QED) is 0.503. The highest BCUT2D eigenvalue weighted by Crippen LogP contribution is 2.04. The molecule has 0 radical (unpaired) electrons. The number of ether oxygens (including phenoxy) is 2. The zero-order valence-corrected chi connectivity index (χ0v) is 13.1. The lowest BCUT2D eigenvalue weighted by atomic mass is 10.1. The van der Waals surface area contributed by atoms with Gasteiger partial charge < -0.3 is 14.8 Å². The third-order valence-electron chi connectivity index (χ3n) is 3.28. The van der Waals surface area contributed by atoms with Crippen LogP contribution in [0.5, 0.6) is 0 Å². The van der Waals surface area contributed by atoms with Gasteiger partial charge in [0, 0.05) is 20.3 Å². The number of nitrogens with one attached hydrogen (secondary N) is 1. The Morgan fingerprint density at radius 2 is 1.95 bits per heavy atom. The molecule has 4 heteroatoms. The number of unbranched alkanes of at least 4 members (excludes halogenated alkanes) is 2. The third kappa shape index (κ3) is 8.48. The minimum atomic E-state index is -0.147. The van der Waals surface area contributed by atoms with Crippen LogP contribution in [0.1, 0.15) is 31.7 Å². The van der Waals surface area contributed by atoms with E-state index in [9.17, 15) is 4.79 Å². The standard InChI is InChI=1S/C17H27NO3/c1-15(13-18-11-7-4-8-12-20-2)17(19)21-14-16-9-5-3-6-10-16/h3,5-6,9-10,15,18H,4,7-8,11-14H2,1-2H3. The van der Waals surface area contributed by atoms with Crippen molar-refractivity contribution in [3.8, 4) is 0 Å². The predicted molar refractivity (Wildman–Crippen MR) is 84.0 cm³/mol. The summed E-state index contributed by atoms with van der Waals surface area (Å²) in [6, 6.07) is 9.74. The second-order valence-electron chi connectivity index (χ2n) is 5.25. The van der Waals surface area contributed by atoms with E-state index >= 15 is 0 Å². The van der Waals surface area contributed by atoms with Crippen molar-refractivity contribution < 1.29 is 14.3 Å². The van der Waals surface area contributed by atoms with Crippen molar-refractivity contribution in [3.05, 3.63) is 35.9 Å². The summed E-state index contributed by atoms with van der Waals surface area (Å²) in [5, 5.41) is 3.30. The number of esters is 1. The van der Waals surface area contributed by atoms with Crippen molar-refractivity contribution in [1.29, 1.82) is 0 Å². The van der Waals surface area contributed by atoms with Gasteiger partial charge in [-0.05, 0) is 31.4 Å². The Hall–Kier alpha value is -1.39. The molecule has 21 heavy (non-hydrogen) atoms. The first-order chi connectivity index (χ1) is 10.2. The zero-order valence-electron chi connectivity index (χ0n) is 13.1. The first-order valence-corrected chi connectivity index (χ1v) is 7.64. The van der Waals surface area contributed by atoms with Gasteiger partial charge in [-0.2, -0.15) is 0 Å². The highest BCUT2D eigenvalue weighted by molar-refractivity contribution is 5.72. The van der Waals surface area contributed by atoms with Gasteiger partial charge in [0.25, 0.3) is 0 Å². The number of carbonyl (C=O) groups excluding carboxylic acids is 1. The van der Waals surface area contributed by atoms with Crippen LogP contribution >= 0.6 is 0 Å². The molecule has 1 N–H and O–H groups in total. The highest BCUT2D eigenvalue weighted by Gasteiger charge is 2.13.